The lowest BCUT2D eigenvalue weighted by Crippen LogP contribution is -2.17. The summed E-state index contributed by atoms with van der Waals surface area (Å²) in [7, 11) is 0. The molecule has 2 aromatic carbocycles. The van der Waals surface area contributed by atoms with Gasteiger partial charge in [-0.2, -0.15) is 5.10 Å². The van der Waals surface area contributed by atoms with Crippen molar-refractivity contribution in [3.8, 4) is 11.4 Å². The van der Waals surface area contributed by atoms with E-state index in [-0.39, 0.29) is 11.7 Å². The summed E-state index contributed by atoms with van der Waals surface area (Å²) in [6, 6.07) is 15.4. The predicted molar refractivity (Wildman–Crippen MR) is 112 cm³/mol. The van der Waals surface area contributed by atoms with Crippen LogP contribution in [0.3, 0.4) is 0 Å². The summed E-state index contributed by atoms with van der Waals surface area (Å²) in [5.74, 6) is 0.121. The van der Waals surface area contributed by atoms with Gasteiger partial charge >= 0.3 is 0 Å². The topological polar surface area (TPSA) is 55.6 Å². The molecule has 150 valence electrons. The third-order valence-corrected chi connectivity index (χ3v) is 4.52. The third kappa shape index (κ3) is 4.71. The van der Waals surface area contributed by atoms with Gasteiger partial charge in [-0.25, -0.2) is 9.82 Å². The number of nitrogens with one attached hydrogen (secondary N) is 1. The minimum atomic E-state index is -0.314. The maximum Gasteiger partial charge on any atom is 0.271 e. The Bertz CT molecular complexity index is 1020. The number of carbonyl (C=O) groups excluding carboxylic acids is 1. The normalized spacial score (nSPS) is 11.0. The Labute approximate surface area is 169 Å². The quantitative estimate of drug-likeness (QED) is 0.464. The van der Waals surface area contributed by atoms with E-state index in [0.717, 1.165) is 29.1 Å². The Morgan fingerprint density at radius 3 is 2.59 bits per heavy atom. The highest BCUT2D eigenvalue weighted by Crippen LogP contribution is 2.21. The first-order chi connectivity index (χ1) is 14.0. The monoisotopic (exact) mass is 393 g/mol. The zero-order chi connectivity index (χ0) is 20.8. The molecule has 3 rings (SSSR count). The van der Waals surface area contributed by atoms with E-state index in [0.29, 0.717) is 17.9 Å². The van der Waals surface area contributed by atoms with Crippen molar-refractivity contribution in [3.63, 3.8) is 0 Å². The van der Waals surface area contributed by atoms with Gasteiger partial charge in [-0.05, 0) is 62.7 Å². The van der Waals surface area contributed by atoms with Crippen molar-refractivity contribution in [3.05, 3.63) is 82.9 Å². The molecule has 0 saturated heterocycles. The molecular formula is C23H24FN3O2. The van der Waals surface area contributed by atoms with Gasteiger partial charge in [0.05, 0.1) is 18.5 Å². The number of nitrogens with zero attached hydrogens (tertiary/aromatic N) is 2. The highest BCUT2D eigenvalue weighted by Gasteiger charge is 2.12. The number of amides is 1. The molecule has 5 nitrogen and oxygen atoms in total. The second-order valence-corrected chi connectivity index (χ2v) is 6.69. The lowest BCUT2D eigenvalue weighted by Gasteiger charge is -2.10. The van der Waals surface area contributed by atoms with Gasteiger partial charge < -0.3 is 9.30 Å². The largest absolute Gasteiger partial charge is 0.494 e. The van der Waals surface area contributed by atoms with Crippen molar-refractivity contribution in [2.24, 2.45) is 5.10 Å². The van der Waals surface area contributed by atoms with Crippen molar-refractivity contribution in [2.45, 2.75) is 27.2 Å². The molecule has 0 aliphatic rings. The Kier molecular flexibility index (Phi) is 6.44. The van der Waals surface area contributed by atoms with Crippen LogP contribution in [0.4, 0.5) is 4.39 Å². The second kappa shape index (κ2) is 9.19. The van der Waals surface area contributed by atoms with Gasteiger partial charge in [-0.3, -0.25) is 4.79 Å². The van der Waals surface area contributed by atoms with Crippen LogP contribution in [0.25, 0.3) is 5.69 Å². The summed E-state index contributed by atoms with van der Waals surface area (Å²) < 4.78 is 21.5. The van der Waals surface area contributed by atoms with E-state index < -0.39 is 0 Å². The molecule has 1 heterocycles. The number of hydrazone groups is 1. The van der Waals surface area contributed by atoms with E-state index in [1.54, 1.807) is 48.7 Å². The molecule has 0 fully saturated rings. The standard InChI is InChI=1S/C23H24FN3O2/c1-4-13-29-20-11-9-18(10-12-20)23(28)26-25-15-19-14-16(2)27(17(19)3)22-8-6-5-7-21(22)24/h5-12,14-15H,4,13H2,1-3H3,(H,26,28)/b25-15+. The first-order valence-corrected chi connectivity index (χ1v) is 9.51. The minimum Gasteiger partial charge on any atom is -0.494 e. The van der Waals surface area contributed by atoms with E-state index >= 15 is 0 Å². The lowest BCUT2D eigenvalue weighted by molar-refractivity contribution is 0.0955. The number of hydrogen-bond acceptors (Lipinski definition) is 3. The van der Waals surface area contributed by atoms with Crippen molar-refractivity contribution in [1.29, 1.82) is 0 Å². The molecule has 29 heavy (non-hydrogen) atoms. The molecular weight excluding hydrogens is 369 g/mol. The van der Waals surface area contributed by atoms with Crippen molar-refractivity contribution in [2.75, 3.05) is 6.61 Å². The second-order valence-electron chi connectivity index (χ2n) is 6.69. The van der Waals surface area contributed by atoms with E-state index in [4.69, 9.17) is 4.74 Å². The van der Waals surface area contributed by atoms with Crippen LogP contribution in [0.2, 0.25) is 0 Å². The van der Waals surface area contributed by atoms with Gasteiger partial charge in [0.25, 0.3) is 5.91 Å². The first-order valence-electron chi connectivity index (χ1n) is 9.51. The van der Waals surface area contributed by atoms with Crippen LogP contribution in [0, 0.1) is 19.7 Å². The summed E-state index contributed by atoms with van der Waals surface area (Å²) in [5.41, 5.74) is 6.01. The molecule has 0 aliphatic heterocycles. The fourth-order valence-electron chi connectivity index (χ4n) is 3.07. The van der Waals surface area contributed by atoms with Crippen molar-refractivity contribution >= 4 is 12.1 Å². The molecule has 0 atom stereocenters. The number of hydrogen-bond donors (Lipinski definition) is 1. The van der Waals surface area contributed by atoms with E-state index in [9.17, 15) is 9.18 Å². The molecule has 1 amide bonds. The fourth-order valence-corrected chi connectivity index (χ4v) is 3.07. The number of halogens is 1. The Morgan fingerprint density at radius 2 is 1.90 bits per heavy atom. The average Bonchev–Trinajstić information content (AvgIpc) is 3.00. The Balaban J connectivity index is 1.70. The van der Waals surface area contributed by atoms with Gasteiger partial charge in [0, 0.05) is 22.5 Å². The van der Waals surface area contributed by atoms with Crippen LogP contribution < -0.4 is 10.2 Å². The van der Waals surface area contributed by atoms with E-state index in [1.165, 1.54) is 6.07 Å². The maximum atomic E-state index is 14.2. The summed E-state index contributed by atoms with van der Waals surface area (Å²) in [4.78, 5) is 12.3. The Morgan fingerprint density at radius 1 is 1.17 bits per heavy atom. The van der Waals surface area contributed by atoms with Crippen LogP contribution in [-0.4, -0.2) is 23.3 Å². The van der Waals surface area contributed by atoms with Crippen LogP contribution >= 0.6 is 0 Å². The summed E-state index contributed by atoms with van der Waals surface area (Å²) in [6.07, 6.45) is 2.49. The zero-order valence-electron chi connectivity index (χ0n) is 16.8. The number of para-hydroxylation sites is 1. The van der Waals surface area contributed by atoms with Gasteiger partial charge in [0.2, 0.25) is 0 Å². The number of ether oxygens (including phenoxy) is 1. The number of aryl methyl sites for hydroxylation is 1. The van der Waals surface area contributed by atoms with Crippen molar-refractivity contribution < 1.29 is 13.9 Å². The number of rotatable bonds is 7. The molecule has 0 radical (unpaired) electrons. The summed E-state index contributed by atoms with van der Waals surface area (Å²) in [5, 5.41) is 4.06. The zero-order valence-corrected chi connectivity index (χ0v) is 16.8. The smallest absolute Gasteiger partial charge is 0.271 e. The maximum absolute atomic E-state index is 14.2. The van der Waals surface area contributed by atoms with E-state index in [2.05, 4.69) is 10.5 Å². The first kappa shape index (κ1) is 20.3. The van der Waals surface area contributed by atoms with E-state index in [1.807, 2.05) is 31.4 Å². The molecule has 3 aromatic rings. The molecule has 1 aromatic heterocycles. The van der Waals surface area contributed by atoms with Gasteiger partial charge in [0.1, 0.15) is 11.6 Å². The third-order valence-electron chi connectivity index (χ3n) is 4.52. The minimum absolute atomic E-state index is 0.294. The summed E-state index contributed by atoms with van der Waals surface area (Å²) >= 11 is 0. The average molecular weight is 393 g/mol. The molecule has 0 unspecified atom stereocenters. The molecule has 0 spiro atoms. The van der Waals surface area contributed by atoms with Gasteiger partial charge in [-0.15, -0.1) is 0 Å². The van der Waals surface area contributed by atoms with Crippen LogP contribution in [0.5, 0.6) is 5.75 Å². The van der Waals surface area contributed by atoms with Crippen LogP contribution in [0.15, 0.2) is 59.7 Å². The molecule has 0 bridgehead atoms. The van der Waals surface area contributed by atoms with Gasteiger partial charge in [0.15, 0.2) is 0 Å². The van der Waals surface area contributed by atoms with Crippen molar-refractivity contribution in [1.82, 2.24) is 9.99 Å². The molecule has 6 heteroatoms. The lowest BCUT2D eigenvalue weighted by atomic mass is 10.2. The fraction of sp³-hybridized carbons (Fsp3) is 0.217. The number of benzene rings is 2. The van der Waals surface area contributed by atoms with Crippen LogP contribution in [0.1, 0.15) is 40.7 Å². The highest BCUT2D eigenvalue weighted by atomic mass is 19.1. The predicted octanol–water partition coefficient (Wildman–Crippen LogP) is 4.79. The summed E-state index contributed by atoms with van der Waals surface area (Å²) in [6.45, 7) is 6.46. The molecule has 0 saturated carbocycles. The number of aromatic nitrogens is 1. The SMILES string of the molecule is CCCOc1ccc(C(=O)N/N=C/c2cc(C)n(-c3ccccc3F)c2C)cc1. The Hall–Kier alpha value is -3.41. The molecule has 0 aliphatic carbocycles. The van der Waals surface area contributed by atoms with Gasteiger partial charge in [-0.1, -0.05) is 19.1 Å². The highest BCUT2D eigenvalue weighted by molar-refractivity contribution is 5.95. The number of carbonyl (C=O) groups is 1. The van der Waals surface area contributed by atoms with Crippen LogP contribution in [-0.2, 0) is 0 Å². The molecule has 1 N–H and O–H groups in total.